The Bertz CT molecular complexity index is 445. The summed E-state index contributed by atoms with van der Waals surface area (Å²) < 4.78 is 0. The highest BCUT2D eigenvalue weighted by molar-refractivity contribution is 7.19. The lowest BCUT2D eigenvalue weighted by Gasteiger charge is -2.00. The van der Waals surface area contributed by atoms with Gasteiger partial charge in [-0.2, -0.15) is 0 Å². The minimum absolute atomic E-state index is 0.0481. The van der Waals surface area contributed by atoms with Crippen LogP contribution < -0.4 is 5.73 Å². The Labute approximate surface area is 85.1 Å². The molecule has 1 heterocycles. The summed E-state index contributed by atoms with van der Waals surface area (Å²) >= 11 is 1.41. The molecule has 4 heteroatoms. The van der Waals surface area contributed by atoms with Gasteiger partial charge in [0.1, 0.15) is 11.5 Å². The molecule has 1 aromatic heterocycles. The first-order valence-corrected chi connectivity index (χ1v) is 4.85. The highest BCUT2D eigenvalue weighted by Crippen LogP contribution is 2.33. The van der Waals surface area contributed by atoms with Crippen LogP contribution in [0.15, 0.2) is 30.3 Å². The molecule has 2 rings (SSSR count). The molecule has 0 spiro atoms. The molecule has 0 aliphatic rings. The number of phenolic OH excluding ortho intramolecular Hbond substituents is 2. The third kappa shape index (κ3) is 1.65. The first-order valence-electron chi connectivity index (χ1n) is 4.04. The fourth-order valence-corrected chi connectivity index (χ4v) is 2.01. The van der Waals surface area contributed by atoms with Crippen LogP contribution in [0.3, 0.4) is 0 Å². The standard InChI is InChI=1S/C10H9NO2S/c11-10-2-1-9(14-10)6-3-7(12)5-8(13)4-6/h1-5,12-13H,11H2. The molecule has 0 fully saturated rings. The van der Waals surface area contributed by atoms with Crippen LogP contribution in [0.1, 0.15) is 0 Å². The molecule has 2 aromatic rings. The van der Waals surface area contributed by atoms with Gasteiger partial charge in [0.05, 0.1) is 5.00 Å². The molecule has 0 amide bonds. The van der Waals surface area contributed by atoms with Gasteiger partial charge in [0.2, 0.25) is 0 Å². The third-order valence-corrected chi connectivity index (χ3v) is 2.78. The number of benzene rings is 1. The van der Waals surface area contributed by atoms with Gasteiger partial charge >= 0.3 is 0 Å². The lowest BCUT2D eigenvalue weighted by molar-refractivity contribution is 0.451. The van der Waals surface area contributed by atoms with Crippen LogP contribution in [0.2, 0.25) is 0 Å². The van der Waals surface area contributed by atoms with Gasteiger partial charge < -0.3 is 15.9 Å². The van der Waals surface area contributed by atoms with Crippen molar-refractivity contribution in [3.63, 3.8) is 0 Å². The summed E-state index contributed by atoms with van der Waals surface area (Å²) in [5, 5.41) is 19.3. The predicted octanol–water partition coefficient (Wildman–Crippen LogP) is 2.41. The first-order chi connectivity index (χ1) is 6.65. The number of phenols is 2. The van der Waals surface area contributed by atoms with Crippen molar-refractivity contribution in [3.05, 3.63) is 30.3 Å². The van der Waals surface area contributed by atoms with E-state index in [1.54, 1.807) is 18.2 Å². The van der Waals surface area contributed by atoms with Gasteiger partial charge in [0.15, 0.2) is 0 Å². The molecule has 3 nitrogen and oxygen atoms in total. The van der Waals surface area contributed by atoms with Crippen LogP contribution in [0.5, 0.6) is 11.5 Å². The number of aromatic hydroxyl groups is 2. The van der Waals surface area contributed by atoms with Crippen LogP contribution in [0, 0.1) is 0 Å². The first kappa shape index (κ1) is 8.90. The number of hydrogen-bond donors (Lipinski definition) is 3. The van der Waals surface area contributed by atoms with Crippen LogP contribution >= 0.6 is 11.3 Å². The van der Waals surface area contributed by atoms with E-state index in [-0.39, 0.29) is 11.5 Å². The minimum Gasteiger partial charge on any atom is -0.508 e. The lowest BCUT2D eigenvalue weighted by Crippen LogP contribution is -1.74. The number of nitrogens with two attached hydrogens (primary N) is 1. The van der Waals surface area contributed by atoms with Gasteiger partial charge in [-0.15, -0.1) is 11.3 Å². The molecule has 1 aromatic carbocycles. The molecule has 4 N–H and O–H groups in total. The summed E-state index contributed by atoms with van der Waals surface area (Å²) in [6.45, 7) is 0. The molecule has 14 heavy (non-hydrogen) atoms. The van der Waals surface area contributed by atoms with Crippen molar-refractivity contribution in [1.29, 1.82) is 0 Å². The molecule has 0 bridgehead atoms. The Morgan fingerprint density at radius 3 is 2.14 bits per heavy atom. The van der Waals surface area contributed by atoms with E-state index in [0.717, 1.165) is 10.4 Å². The van der Waals surface area contributed by atoms with Crippen LogP contribution in [-0.4, -0.2) is 10.2 Å². The molecule has 0 aliphatic carbocycles. The number of anilines is 1. The SMILES string of the molecule is Nc1ccc(-c2cc(O)cc(O)c2)s1. The van der Waals surface area contributed by atoms with Crippen LogP contribution in [-0.2, 0) is 0 Å². The van der Waals surface area contributed by atoms with Gasteiger partial charge in [-0.1, -0.05) is 0 Å². The monoisotopic (exact) mass is 207 g/mol. The minimum atomic E-state index is 0.0481. The second kappa shape index (κ2) is 3.23. The van der Waals surface area contributed by atoms with Gasteiger partial charge in [0, 0.05) is 10.9 Å². The van der Waals surface area contributed by atoms with Gasteiger partial charge in [-0.25, -0.2) is 0 Å². The topological polar surface area (TPSA) is 66.5 Å². The molecular weight excluding hydrogens is 198 g/mol. The van der Waals surface area contributed by atoms with E-state index in [1.807, 2.05) is 6.07 Å². The largest absolute Gasteiger partial charge is 0.508 e. The average molecular weight is 207 g/mol. The van der Waals surface area contributed by atoms with Gasteiger partial charge in [-0.3, -0.25) is 0 Å². The molecule has 72 valence electrons. The number of nitrogen functional groups attached to an aromatic ring is 1. The summed E-state index contributed by atoms with van der Waals surface area (Å²) in [7, 11) is 0. The molecule has 0 radical (unpaired) electrons. The normalized spacial score (nSPS) is 10.3. The van der Waals surface area contributed by atoms with Crippen molar-refractivity contribution >= 4 is 16.3 Å². The van der Waals surface area contributed by atoms with E-state index < -0.39 is 0 Å². The Morgan fingerprint density at radius 1 is 1.00 bits per heavy atom. The zero-order valence-corrected chi connectivity index (χ0v) is 8.08. The highest BCUT2D eigenvalue weighted by atomic mass is 32.1. The van der Waals surface area contributed by atoms with Crippen LogP contribution in [0.25, 0.3) is 10.4 Å². The summed E-state index contributed by atoms with van der Waals surface area (Å²) in [5.74, 6) is 0.0962. The number of hydrogen-bond acceptors (Lipinski definition) is 4. The second-order valence-corrected chi connectivity index (χ2v) is 4.06. The van der Waals surface area contributed by atoms with E-state index in [0.29, 0.717) is 5.00 Å². The fraction of sp³-hybridized carbons (Fsp3) is 0. The van der Waals surface area contributed by atoms with Crippen molar-refractivity contribution in [1.82, 2.24) is 0 Å². The quantitative estimate of drug-likeness (QED) is 0.672. The highest BCUT2D eigenvalue weighted by Gasteiger charge is 2.04. The van der Waals surface area contributed by atoms with Gasteiger partial charge in [-0.05, 0) is 29.8 Å². The van der Waals surface area contributed by atoms with Crippen molar-refractivity contribution < 1.29 is 10.2 Å². The maximum Gasteiger partial charge on any atom is 0.119 e. The lowest BCUT2D eigenvalue weighted by atomic mass is 10.1. The molecule has 0 saturated heterocycles. The smallest absolute Gasteiger partial charge is 0.119 e. The predicted molar refractivity (Wildman–Crippen MR) is 57.5 cm³/mol. The summed E-state index contributed by atoms with van der Waals surface area (Å²) in [4.78, 5) is 0.925. The summed E-state index contributed by atoms with van der Waals surface area (Å²) in [6.07, 6.45) is 0. The Kier molecular flexibility index (Phi) is 2.05. The second-order valence-electron chi connectivity index (χ2n) is 2.94. The zero-order chi connectivity index (χ0) is 10.1. The Balaban J connectivity index is 2.51. The number of thiophene rings is 1. The maximum atomic E-state index is 9.28. The third-order valence-electron chi connectivity index (χ3n) is 1.81. The Morgan fingerprint density at radius 2 is 1.64 bits per heavy atom. The van der Waals surface area contributed by atoms with E-state index in [9.17, 15) is 10.2 Å². The summed E-state index contributed by atoms with van der Waals surface area (Å²) in [5.41, 5.74) is 6.35. The molecular formula is C10H9NO2S. The van der Waals surface area contributed by atoms with E-state index in [2.05, 4.69) is 0 Å². The van der Waals surface area contributed by atoms with Crippen molar-refractivity contribution in [2.45, 2.75) is 0 Å². The van der Waals surface area contributed by atoms with Crippen molar-refractivity contribution in [2.24, 2.45) is 0 Å². The Hall–Kier alpha value is -1.68. The maximum absolute atomic E-state index is 9.28. The van der Waals surface area contributed by atoms with E-state index in [1.165, 1.54) is 17.4 Å². The van der Waals surface area contributed by atoms with E-state index in [4.69, 9.17) is 5.73 Å². The molecule has 0 atom stereocenters. The molecule has 0 saturated carbocycles. The molecule has 0 unspecified atom stereocenters. The number of rotatable bonds is 1. The van der Waals surface area contributed by atoms with E-state index >= 15 is 0 Å². The van der Waals surface area contributed by atoms with Crippen molar-refractivity contribution in [2.75, 3.05) is 5.73 Å². The molecule has 0 aliphatic heterocycles. The average Bonchev–Trinajstić information content (AvgIpc) is 2.50. The van der Waals surface area contributed by atoms with Gasteiger partial charge in [0.25, 0.3) is 0 Å². The fourth-order valence-electron chi connectivity index (χ4n) is 1.25. The van der Waals surface area contributed by atoms with Crippen LogP contribution in [0.4, 0.5) is 5.00 Å². The summed E-state index contributed by atoms with van der Waals surface area (Å²) in [6, 6.07) is 8.12. The van der Waals surface area contributed by atoms with Crippen molar-refractivity contribution in [3.8, 4) is 21.9 Å². The zero-order valence-electron chi connectivity index (χ0n) is 7.27.